The molecule has 0 heterocycles. The van der Waals surface area contributed by atoms with E-state index in [0.717, 1.165) is 0 Å². The Bertz CT molecular complexity index is 897. The summed E-state index contributed by atoms with van der Waals surface area (Å²) in [6, 6.07) is 10.5. The molecule has 0 spiro atoms. The number of carbonyl (C=O) groups excluding carboxylic acids is 1. The monoisotopic (exact) mass is 380 g/mol. The van der Waals surface area contributed by atoms with Gasteiger partial charge in [-0.25, -0.2) is 8.42 Å². The maximum atomic E-state index is 12.7. The number of hydrogen-bond donors (Lipinski definition) is 2. The van der Waals surface area contributed by atoms with Crippen LogP contribution < -0.4 is 14.8 Å². The highest BCUT2D eigenvalue weighted by atomic mass is 35.5. The van der Waals surface area contributed by atoms with Crippen molar-refractivity contribution in [3.05, 3.63) is 65.7 Å². The van der Waals surface area contributed by atoms with E-state index >= 15 is 0 Å². The Labute approximate surface area is 151 Å². The molecular formula is C17H17ClN2O4S. The van der Waals surface area contributed by atoms with E-state index in [4.69, 9.17) is 16.3 Å². The smallest absolute Gasteiger partial charge is 0.265 e. The molecule has 132 valence electrons. The van der Waals surface area contributed by atoms with Gasteiger partial charge in [0.05, 0.1) is 18.4 Å². The normalized spacial score (nSPS) is 10.8. The maximum Gasteiger partial charge on any atom is 0.265 e. The molecule has 0 atom stereocenters. The Balaban J connectivity index is 2.41. The fraction of sp³-hybridized carbons (Fsp3) is 0.118. The first-order chi connectivity index (χ1) is 11.9. The number of para-hydroxylation sites is 1. The molecule has 1 amide bonds. The van der Waals surface area contributed by atoms with Gasteiger partial charge in [-0.3, -0.25) is 9.52 Å². The lowest BCUT2D eigenvalue weighted by atomic mass is 10.1. The third kappa shape index (κ3) is 4.52. The Morgan fingerprint density at radius 1 is 1.28 bits per heavy atom. The third-order valence-electron chi connectivity index (χ3n) is 3.24. The van der Waals surface area contributed by atoms with Crippen molar-refractivity contribution in [2.24, 2.45) is 0 Å². The van der Waals surface area contributed by atoms with Gasteiger partial charge in [0.2, 0.25) is 0 Å². The minimum atomic E-state index is -4.01. The van der Waals surface area contributed by atoms with Crippen LogP contribution in [0.25, 0.3) is 0 Å². The van der Waals surface area contributed by atoms with Crippen molar-refractivity contribution in [3.63, 3.8) is 0 Å². The van der Waals surface area contributed by atoms with Gasteiger partial charge in [-0.05, 0) is 30.3 Å². The molecular weight excluding hydrogens is 364 g/mol. The summed E-state index contributed by atoms with van der Waals surface area (Å²) < 4.78 is 32.9. The van der Waals surface area contributed by atoms with E-state index in [-0.39, 0.29) is 33.5 Å². The molecule has 0 aliphatic rings. The van der Waals surface area contributed by atoms with Gasteiger partial charge in [0.15, 0.2) is 0 Å². The Hall–Kier alpha value is -2.51. The molecule has 0 aromatic heterocycles. The van der Waals surface area contributed by atoms with Gasteiger partial charge in [-0.1, -0.05) is 29.8 Å². The first-order valence-corrected chi connectivity index (χ1v) is 9.09. The molecule has 0 radical (unpaired) electrons. The number of anilines is 1. The van der Waals surface area contributed by atoms with Gasteiger partial charge >= 0.3 is 0 Å². The molecule has 0 saturated heterocycles. The van der Waals surface area contributed by atoms with Crippen molar-refractivity contribution < 1.29 is 17.9 Å². The van der Waals surface area contributed by atoms with Crippen LogP contribution in [0.3, 0.4) is 0 Å². The van der Waals surface area contributed by atoms with E-state index in [2.05, 4.69) is 16.6 Å². The van der Waals surface area contributed by atoms with Gasteiger partial charge in [-0.2, -0.15) is 0 Å². The number of nitrogens with one attached hydrogen (secondary N) is 2. The van der Waals surface area contributed by atoms with E-state index < -0.39 is 15.9 Å². The van der Waals surface area contributed by atoms with Crippen molar-refractivity contribution in [1.29, 1.82) is 0 Å². The maximum absolute atomic E-state index is 12.7. The number of halogens is 1. The van der Waals surface area contributed by atoms with Gasteiger partial charge in [-0.15, -0.1) is 6.58 Å². The summed E-state index contributed by atoms with van der Waals surface area (Å²) in [7, 11) is -2.65. The van der Waals surface area contributed by atoms with Crippen molar-refractivity contribution in [2.75, 3.05) is 18.4 Å². The predicted octanol–water partition coefficient (Wildman–Crippen LogP) is 3.07. The Morgan fingerprint density at radius 3 is 2.68 bits per heavy atom. The lowest BCUT2D eigenvalue weighted by Crippen LogP contribution is -2.25. The minimum Gasteiger partial charge on any atom is -0.495 e. The van der Waals surface area contributed by atoms with Gasteiger partial charge in [0, 0.05) is 11.6 Å². The molecule has 0 aliphatic heterocycles. The summed E-state index contributed by atoms with van der Waals surface area (Å²) >= 11 is 5.90. The number of benzene rings is 2. The van der Waals surface area contributed by atoms with E-state index in [9.17, 15) is 13.2 Å². The predicted molar refractivity (Wildman–Crippen MR) is 97.8 cm³/mol. The van der Waals surface area contributed by atoms with Crippen LogP contribution >= 0.6 is 11.6 Å². The van der Waals surface area contributed by atoms with Crippen LogP contribution in [0.5, 0.6) is 5.75 Å². The average molecular weight is 381 g/mol. The SMILES string of the molecule is C=CCNC(=O)c1ccccc1NS(=O)(=O)c1cc(Cl)ccc1OC. The molecule has 8 heteroatoms. The molecule has 6 nitrogen and oxygen atoms in total. The number of carbonyl (C=O) groups is 1. The lowest BCUT2D eigenvalue weighted by Gasteiger charge is -2.14. The molecule has 0 bridgehead atoms. The Morgan fingerprint density at radius 2 is 2.00 bits per heavy atom. The summed E-state index contributed by atoms with van der Waals surface area (Å²) in [5.41, 5.74) is 0.333. The molecule has 2 rings (SSSR count). The molecule has 25 heavy (non-hydrogen) atoms. The molecule has 0 saturated carbocycles. The first-order valence-electron chi connectivity index (χ1n) is 7.23. The minimum absolute atomic E-state index is 0.121. The second-order valence-electron chi connectivity index (χ2n) is 4.94. The fourth-order valence-electron chi connectivity index (χ4n) is 2.09. The molecule has 2 aromatic rings. The van der Waals surface area contributed by atoms with Crippen LogP contribution in [-0.2, 0) is 10.0 Å². The number of sulfonamides is 1. The van der Waals surface area contributed by atoms with Crippen molar-refractivity contribution >= 4 is 33.2 Å². The highest BCUT2D eigenvalue weighted by Crippen LogP contribution is 2.29. The zero-order chi connectivity index (χ0) is 18.4. The number of ether oxygens (including phenoxy) is 1. The topological polar surface area (TPSA) is 84.5 Å². The van der Waals surface area contributed by atoms with Crippen LogP contribution in [0.15, 0.2) is 60.0 Å². The Kier molecular flexibility index (Phi) is 6.06. The first kappa shape index (κ1) is 18.8. The molecule has 0 aliphatic carbocycles. The van der Waals surface area contributed by atoms with Crippen molar-refractivity contribution in [1.82, 2.24) is 5.32 Å². The number of methoxy groups -OCH3 is 1. The van der Waals surface area contributed by atoms with Crippen molar-refractivity contribution in [3.8, 4) is 5.75 Å². The number of hydrogen-bond acceptors (Lipinski definition) is 4. The fourth-order valence-corrected chi connectivity index (χ4v) is 3.60. The number of amides is 1. The summed E-state index contributed by atoms with van der Waals surface area (Å²) in [5, 5.41) is 2.86. The van der Waals surface area contributed by atoms with E-state index in [1.807, 2.05) is 0 Å². The second kappa shape index (κ2) is 8.04. The number of rotatable bonds is 7. The standard InChI is InChI=1S/C17H17ClN2O4S/c1-3-10-19-17(21)13-6-4-5-7-14(13)20-25(22,23)16-11-12(18)8-9-15(16)24-2/h3-9,11,20H,1,10H2,2H3,(H,19,21). The summed E-state index contributed by atoms with van der Waals surface area (Å²) in [5.74, 6) is -0.276. The van der Waals surface area contributed by atoms with Gasteiger partial charge < -0.3 is 10.1 Å². The van der Waals surface area contributed by atoms with Crippen molar-refractivity contribution in [2.45, 2.75) is 4.90 Å². The quantitative estimate of drug-likeness (QED) is 0.723. The summed E-state index contributed by atoms with van der Waals surface area (Å²) in [6.45, 7) is 3.79. The van der Waals surface area contributed by atoms with Crippen LogP contribution in [0, 0.1) is 0 Å². The highest BCUT2D eigenvalue weighted by molar-refractivity contribution is 7.92. The van der Waals surface area contributed by atoms with Crippen LogP contribution in [-0.4, -0.2) is 28.0 Å². The zero-order valence-corrected chi connectivity index (χ0v) is 15.0. The summed E-state index contributed by atoms with van der Waals surface area (Å²) in [4.78, 5) is 12.1. The lowest BCUT2D eigenvalue weighted by molar-refractivity contribution is 0.0959. The van der Waals surface area contributed by atoms with Crippen LogP contribution in [0.4, 0.5) is 5.69 Å². The molecule has 2 N–H and O–H groups in total. The molecule has 2 aromatic carbocycles. The highest BCUT2D eigenvalue weighted by Gasteiger charge is 2.22. The summed E-state index contributed by atoms with van der Waals surface area (Å²) in [6.07, 6.45) is 1.53. The van der Waals surface area contributed by atoms with Crippen LogP contribution in [0.2, 0.25) is 5.02 Å². The third-order valence-corrected chi connectivity index (χ3v) is 4.86. The molecule has 0 fully saturated rings. The molecule has 0 unspecified atom stereocenters. The van der Waals surface area contributed by atoms with Gasteiger partial charge in [0.25, 0.3) is 15.9 Å². The largest absolute Gasteiger partial charge is 0.495 e. The van der Waals surface area contributed by atoms with Crippen LogP contribution in [0.1, 0.15) is 10.4 Å². The van der Waals surface area contributed by atoms with E-state index in [0.29, 0.717) is 0 Å². The average Bonchev–Trinajstić information content (AvgIpc) is 2.59. The van der Waals surface area contributed by atoms with E-state index in [1.54, 1.807) is 12.1 Å². The van der Waals surface area contributed by atoms with E-state index in [1.165, 1.54) is 43.5 Å². The zero-order valence-electron chi connectivity index (χ0n) is 13.5. The van der Waals surface area contributed by atoms with Gasteiger partial charge in [0.1, 0.15) is 10.6 Å². The second-order valence-corrected chi connectivity index (χ2v) is 7.03.